The van der Waals surface area contributed by atoms with E-state index in [4.69, 9.17) is 50.8 Å². The average molecular weight is 1370 g/mol. The van der Waals surface area contributed by atoms with Crippen molar-refractivity contribution in [2.75, 3.05) is 236 Å². The fourth-order valence-corrected chi connectivity index (χ4v) is 11.3. The Morgan fingerprint density at radius 1 is 0.306 bits per heavy atom. The zero-order valence-corrected chi connectivity index (χ0v) is 57.8. The van der Waals surface area contributed by atoms with Crippen LogP contribution >= 0.6 is 20.2 Å². The maximum Gasteiger partial charge on any atom is 0 e. The predicted octanol–water partition coefficient (Wildman–Crippen LogP) is 5.03. The van der Waals surface area contributed by atoms with Gasteiger partial charge in [0.1, 0.15) is 0 Å². The van der Waals surface area contributed by atoms with Crippen LogP contribution < -0.4 is 0 Å². The van der Waals surface area contributed by atoms with Crippen LogP contribution in [0.1, 0.15) is 80.1 Å². The first kappa shape index (κ1) is 81.5. The van der Waals surface area contributed by atoms with Crippen molar-refractivity contribution in [3.8, 4) is 23.0 Å². The molecule has 7 aliphatic rings. The molecule has 6 heterocycles. The number of benzene rings is 1. The number of likely N-dealkylation sites (N-methyl/N-ethyl adjacent to an activating group) is 6. The molecule has 6 bridgehead atoms. The molecular weight excluding hydrogens is 1250 g/mol. The summed E-state index contributed by atoms with van der Waals surface area (Å²) < 4.78 is 0. The SMILES string of the molecule is CCN1CCCN2CCN(CC)CCCN(CC1)CC2.CCN1CCCN2CCN(CC)CCCN(CC1)CC2.CCN1CCCN2CCN(CC)CCCN(CC1)CC2.O=C1C=C(O)C(=O)C=C1O.Oc1cc(O)c(O)cc1O.[Cl][Mn][Cl].[Mn].[Mn]. The molecule has 85 heavy (non-hydrogen) atoms. The molecule has 8 rings (SSSR count). The third-order valence-electron chi connectivity index (χ3n) is 17.1. The third-order valence-corrected chi connectivity index (χ3v) is 17.1. The Labute approximate surface area is 548 Å². The molecule has 1 aromatic rings. The number of rotatable bonds is 6. The van der Waals surface area contributed by atoms with Crippen LogP contribution in [0.25, 0.3) is 0 Å². The number of aliphatic hydroxyl groups excluding tert-OH is 2. The van der Waals surface area contributed by atoms with E-state index in [0.29, 0.717) is 12.2 Å². The number of ketones is 2. The van der Waals surface area contributed by atoms with Gasteiger partial charge >= 0.3 is 33.3 Å². The van der Waals surface area contributed by atoms with Gasteiger partial charge in [-0.2, -0.15) is 0 Å². The first-order valence-corrected chi connectivity index (χ1v) is 34.7. The van der Waals surface area contributed by atoms with Crippen molar-refractivity contribution >= 4 is 31.8 Å². The van der Waals surface area contributed by atoms with Crippen molar-refractivity contribution < 1.29 is 87.5 Å². The Balaban J connectivity index is 0.000000536. The fourth-order valence-electron chi connectivity index (χ4n) is 11.3. The zero-order chi connectivity index (χ0) is 60.8. The number of aromatic hydroxyl groups is 4. The van der Waals surface area contributed by atoms with Gasteiger partial charge in [-0.1, -0.05) is 41.5 Å². The summed E-state index contributed by atoms with van der Waals surface area (Å²) >= 11 is 0.00694. The van der Waals surface area contributed by atoms with Crippen LogP contribution in [0.2, 0.25) is 0 Å². The zero-order valence-electron chi connectivity index (χ0n) is 52.8. The van der Waals surface area contributed by atoms with Crippen molar-refractivity contribution in [1.82, 2.24) is 58.8 Å². The molecule has 6 aliphatic heterocycles. The molecule has 6 fully saturated rings. The molecule has 6 N–H and O–H groups in total. The van der Waals surface area contributed by atoms with Crippen LogP contribution in [-0.2, 0) is 56.9 Å². The van der Waals surface area contributed by atoms with E-state index in [9.17, 15) is 9.59 Å². The summed E-state index contributed by atoms with van der Waals surface area (Å²) in [4.78, 5) is 52.8. The molecule has 0 saturated carbocycles. The van der Waals surface area contributed by atoms with Gasteiger partial charge in [0.2, 0.25) is 11.6 Å². The van der Waals surface area contributed by atoms with Crippen LogP contribution in [0.4, 0.5) is 0 Å². The number of carbonyl (C=O) groups is 2. The molecule has 1 aliphatic carbocycles. The molecule has 0 aromatic heterocycles. The van der Waals surface area contributed by atoms with Gasteiger partial charge in [0.25, 0.3) is 0 Å². The molecule has 495 valence electrons. The van der Waals surface area contributed by atoms with E-state index in [1.165, 1.54) is 274 Å². The normalized spacial score (nSPS) is 26.2. The van der Waals surface area contributed by atoms with E-state index in [0.717, 1.165) is 12.1 Å². The van der Waals surface area contributed by atoms with E-state index >= 15 is 0 Å². The number of fused-ring (bicyclic) bond motifs is 9. The van der Waals surface area contributed by atoms with E-state index in [-0.39, 0.29) is 47.3 Å². The van der Waals surface area contributed by atoms with Gasteiger partial charge < -0.3 is 89.4 Å². The van der Waals surface area contributed by atoms with Crippen molar-refractivity contribution in [2.45, 2.75) is 80.1 Å². The minimum Gasteiger partial charge on any atom is 0 e. The van der Waals surface area contributed by atoms with Crippen LogP contribution in [0.3, 0.4) is 0 Å². The Morgan fingerprint density at radius 3 is 0.612 bits per heavy atom. The molecule has 6 unspecified atom stereocenters. The minimum atomic E-state index is -0.753. The average Bonchev–Trinajstić information content (AvgIpc) is 3.50. The summed E-state index contributed by atoms with van der Waals surface area (Å²) in [6.07, 6.45) is 9.36. The monoisotopic (exact) mass is 1360 g/mol. The number of nitrogens with zero attached hydrogens (tertiary/aromatic N) is 12. The second kappa shape index (κ2) is 49.2. The summed E-state index contributed by atoms with van der Waals surface area (Å²) in [5, 5.41) is 52.0. The quantitative estimate of drug-likeness (QED) is 0.0961. The van der Waals surface area contributed by atoms with Gasteiger partial charge in [0.05, 0.1) is 0 Å². The Hall–Kier alpha value is -1.50. The molecule has 25 heteroatoms. The molecule has 0 amide bonds. The predicted molar refractivity (Wildman–Crippen MR) is 335 cm³/mol. The standard InChI is InChI=1S/3C16H34N4.C6H6O4.C6H4O4.2ClH.3Mn/c3*1-3-17-7-5-9-20-14-12-18(4-2)8-6-10-19(13-11-17)15-16-20;2*7-3-1-4(8)6(10)2-5(3)9;;;;;/h3*3-16H2,1-2H3;1-2,7-10H;1-2,7,10H;2*1H;;;/q;;;;;;;;;+2/p-2. The van der Waals surface area contributed by atoms with Crippen molar-refractivity contribution in [1.29, 1.82) is 0 Å². The van der Waals surface area contributed by atoms with Crippen LogP contribution in [0.5, 0.6) is 23.0 Å². The number of phenols is 4. The summed E-state index contributed by atoms with van der Waals surface area (Å²) in [6, 6.07) is 1.70. The molecule has 0 spiro atoms. The largest absolute Gasteiger partial charge is 0 e. The van der Waals surface area contributed by atoms with Crippen molar-refractivity contribution in [3.05, 3.63) is 35.8 Å². The Bertz CT molecular complexity index is 1690. The van der Waals surface area contributed by atoms with E-state index in [1.54, 1.807) is 0 Å². The molecular formula is C60H112Cl2Mn3N12O8. The molecule has 2 radical (unpaired) electrons. The second-order valence-corrected chi connectivity index (χ2v) is 24.4. The molecule has 20 nitrogen and oxygen atoms in total. The summed E-state index contributed by atoms with van der Waals surface area (Å²) in [7, 11) is 9.59. The summed E-state index contributed by atoms with van der Waals surface area (Å²) in [6.45, 7) is 59.1. The van der Waals surface area contributed by atoms with Crippen LogP contribution in [-0.4, -0.2) is 337 Å². The topological polar surface area (TPSA) is 194 Å². The van der Waals surface area contributed by atoms with Crippen LogP contribution in [0, 0.1) is 0 Å². The number of hydrogen-bond donors (Lipinski definition) is 6. The maximum absolute atomic E-state index is 10.4. The van der Waals surface area contributed by atoms with Gasteiger partial charge in [0.15, 0.2) is 34.5 Å². The van der Waals surface area contributed by atoms with Gasteiger partial charge in [-0.25, -0.2) is 0 Å². The minimum absolute atomic E-state index is 0. The summed E-state index contributed by atoms with van der Waals surface area (Å²) in [5.74, 6) is -4.63. The number of allylic oxidation sites excluding steroid dienone is 2. The van der Waals surface area contributed by atoms with Gasteiger partial charge in [0, 0.05) is 176 Å². The maximum atomic E-state index is 10.4. The number of hydrogen-bond acceptors (Lipinski definition) is 20. The summed E-state index contributed by atoms with van der Waals surface area (Å²) in [5.41, 5.74) is 0. The van der Waals surface area contributed by atoms with E-state index in [1.807, 2.05) is 0 Å². The van der Waals surface area contributed by atoms with E-state index in [2.05, 4.69) is 100 Å². The molecule has 6 atom stereocenters. The number of aliphatic hydroxyl groups is 2. The number of halogens is 2. The number of phenolic OH excluding ortho intramolecular Hbond substituents is 4. The fraction of sp³-hybridized carbons (Fsp3) is 0.800. The smallest absolute Gasteiger partial charge is 0 e. The first-order valence-electron chi connectivity index (χ1n) is 31.5. The molecule has 1 aromatic carbocycles. The van der Waals surface area contributed by atoms with Gasteiger partial charge in [-0.3, -0.25) is 9.59 Å². The van der Waals surface area contributed by atoms with Crippen molar-refractivity contribution in [3.63, 3.8) is 0 Å². The Kier molecular flexibility index (Phi) is 47.2. The molecule has 6 saturated heterocycles. The van der Waals surface area contributed by atoms with E-state index < -0.39 is 46.1 Å². The van der Waals surface area contributed by atoms with Gasteiger partial charge in [-0.15, -0.1) is 0 Å². The Morgan fingerprint density at radius 2 is 0.459 bits per heavy atom. The van der Waals surface area contributed by atoms with Crippen LogP contribution in [0.15, 0.2) is 35.8 Å². The van der Waals surface area contributed by atoms with Crippen molar-refractivity contribution in [2.24, 2.45) is 0 Å². The van der Waals surface area contributed by atoms with Gasteiger partial charge in [-0.05, 0) is 156 Å². The number of carbonyl (C=O) groups excluding carboxylic acids is 2. The second-order valence-electron chi connectivity index (χ2n) is 22.4. The third kappa shape index (κ3) is 35.1. The first-order chi connectivity index (χ1) is 40.1.